The predicted octanol–water partition coefficient (Wildman–Crippen LogP) is 4.55. The summed E-state index contributed by atoms with van der Waals surface area (Å²) in [4.78, 5) is 0. The van der Waals surface area contributed by atoms with Crippen LogP contribution in [0.5, 0.6) is 11.5 Å². The molecule has 0 amide bonds. The molecule has 0 saturated heterocycles. The first kappa shape index (κ1) is 15.9. The Bertz CT molecular complexity index is 638. The highest BCUT2D eigenvalue weighted by Crippen LogP contribution is 2.33. The Morgan fingerprint density at radius 1 is 1.14 bits per heavy atom. The van der Waals surface area contributed by atoms with Gasteiger partial charge in [-0.1, -0.05) is 0 Å². The van der Waals surface area contributed by atoms with Gasteiger partial charge in [-0.05, 0) is 65.2 Å². The van der Waals surface area contributed by atoms with Gasteiger partial charge in [0.05, 0.1) is 4.47 Å². The summed E-state index contributed by atoms with van der Waals surface area (Å²) < 4.78 is 46.4. The molecule has 2 N–H and O–H groups in total. The van der Waals surface area contributed by atoms with E-state index in [0.29, 0.717) is 12.0 Å². The first-order chi connectivity index (χ1) is 9.86. The minimum absolute atomic E-state index is 0.120. The lowest BCUT2D eigenvalue weighted by Gasteiger charge is -2.12. The standard InChI is InChI=1S/C15H13BrF3NO/c1-8(20)4-9-5-12(18)15(13(19)6-9)21-14-3-2-10(17)7-11(14)16/h2-3,5-8H,4,20H2,1H3. The van der Waals surface area contributed by atoms with Crippen LogP contribution in [0.25, 0.3) is 0 Å². The Balaban J connectivity index is 2.32. The van der Waals surface area contributed by atoms with Crippen LogP contribution in [0, 0.1) is 17.5 Å². The number of benzene rings is 2. The summed E-state index contributed by atoms with van der Waals surface area (Å²) in [6.45, 7) is 1.75. The van der Waals surface area contributed by atoms with Crippen molar-refractivity contribution in [1.82, 2.24) is 0 Å². The molecule has 0 bridgehead atoms. The fourth-order valence-corrected chi connectivity index (χ4v) is 2.30. The Morgan fingerprint density at radius 2 is 1.76 bits per heavy atom. The molecule has 1 unspecified atom stereocenters. The molecule has 0 radical (unpaired) electrons. The minimum atomic E-state index is -0.832. The van der Waals surface area contributed by atoms with Crippen LogP contribution >= 0.6 is 15.9 Å². The molecule has 6 heteroatoms. The van der Waals surface area contributed by atoms with E-state index in [0.717, 1.165) is 12.1 Å². The van der Waals surface area contributed by atoms with Gasteiger partial charge in [-0.2, -0.15) is 0 Å². The summed E-state index contributed by atoms with van der Waals surface area (Å²) >= 11 is 3.07. The van der Waals surface area contributed by atoms with Gasteiger partial charge in [0.1, 0.15) is 11.6 Å². The van der Waals surface area contributed by atoms with Crippen LogP contribution in [0.1, 0.15) is 12.5 Å². The van der Waals surface area contributed by atoms with Crippen LogP contribution in [0.4, 0.5) is 13.2 Å². The van der Waals surface area contributed by atoms with Crippen LogP contribution in [0.2, 0.25) is 0 Å². The third-order valence-electron chi connectivity index (χ3n) is 2.72. The molecule has 2 aromatic carbocycles. The summed E-state index contributed by atoms with van der Waals surface area (Å²) in [5.74, 6) is -2.56. The molecule has 0 aliphatic rings. The highest BCUT2D eigenvalue weighted by atomic mass is 79.9. The second-order valence-electron chi connectivity index (χ2n) is 4.75. The van der Waals surface area contributed by atoms with Crippen molar-refractivity contribution in [1.29, 1.82) is 0 Å². The van der Waals surface area contributed by atoms with Gasteiger partial charge in [0.15, 0.2) is 17.4 Å². The van der Waals surface area contributed by atoms with E-state index >= 15 is 0 Å². The van der Waals surface area contributed by atoms with Gasteiger partial charge in [-0.15, -0.1) is 0 Å². The third-order valence-corrected chi connectivity index (χ3v) is 3.34. The van der Waals surface area contributed by atoms with Crippen molar-refractivity contribution in [2.75, 3.05) is 0 Å². The van der Waals surface area contributed by atoms with Gasteiger partial charge in [0.25, 0.3) is 0 Å². The highest BCUT2D eigenvalue weighted by molar-refractivity contribution is 9.10. The molecule has 0 aromatic heterocycles. The molecule has 0 spiro atoms. The molecule has 2 nitrogen and oxygen atoms in total. The Labute approximate surface area is 128 Å². The van der Waals surface area contributed by atoms with Crippen LogP contribution in [0.15, 0.2) is 34.8 Å². The summed E-state index contributed by atoms with van der Waals surface area (Å²) in [7, 11) is 0. The van der Waals surface area contributed by atoms with Crippen LogP contribution in [-0.4, -0.2) is 6.04 Å². The normalized spacial score (nSPS) is 12.3. The SMILES string of the molecule is CC(N)Cc1cc(F)c(Oc2ccc(F)cc2Br)c(F)c1. The van der Waals surface area contributed by atoms with Crippen molar-refractivity contribution in [3.8, 4) is 11.5 Å². The lowest BCUT2D eigenvalue weighted by atomic mass is 10.1. The van der Waals surface area contributed by atoms with Gasteiger partial charge in [-0.25, -0.2) is 13.2 Å². The fourth-order valence-electron chi connectivity index (χ4n) is 1.87. The van der Waals surface area contributed by atoms with Gasteiger partial charge < -0.3 is 10.5 Å². The molecule has 0 saturated carbocycles. The highest BCUT2D eigenvalue weighted by Gasteiger charge is 2.16. The minimum Gasteiger partial charge on any atom is -0.450 e. The quantitative estimate of drug-likeness (QED) is 0.868. The smallest absolute Gasteiger partial charge is 0.198 e. The summed E-state index contributed by atoms with van der Waals surface area (Å²) in [5.41, 5.74) is 6.05. The van der Waals surface area contributed by atoms with Gasteiger partial charge in [0.2, 0.25) is 0 Å². The number of rotatable bonds is 4. The molecule has 0 aliphatic heterocycles. The van der Waals surface area contributed by atoms with E-state index in [1.165, 1.54) is 18.2 Å². The zero-order chi connectivity index (χ0) is 15.6. The van der Waals surface area contributed by atoms with Gasteiger partial charge >= 0.3 is 0 Å². The number of hydrogen-bond acceptors (Lipinski definition) is 2. The predicted molar refractivity (Wildman–Crippen MR) is 77.9 cm³/mol. The zero-order valence-electron chi connectivity index (χ0n) is 11.2. The summed E-state index contributed by atoms with van der Waals surface area (Å²) in [5, 5.41) is 0. The van der Waals surface area contributed by atoms with Crippen molar-refractivity contribution in [2.45, 2.75) is 19.4 Å². The van der Waals surface area contributed by atoms with E-state index in [1.807, 2.05) is 0 Å². The second kappa shape index (κ2) is 6.49. The van der Waals surface area contributed by atoms with Crippen LogP contribution in [0.3, 0.4) is 0 Å². The Morgan fingerprint density at radius 3 is 2.29 bits per heavy atom. The Kier molecular flexibility index (Phi) is 4.90. The summed E-state index contributed by atoms with van der Waals surface area (Å²) in [6.07, 6.45) is 0.356. The van der Waals surface area contributed by atoms with Crippen molar-refractivity contribution in [3.05, 3.63) is 57.8 Å². The molecule has 0 heterocycles. The Hall–Kier alpha value is -1.53. The average Bonchev–Trinajstić information content (AvgIpc) is 2.35. The van der Waals surface area contributed by atoms with E-state index in [1.54, 1.807) is 6.92 Å². The molecule has 2 rings (SSSR count). The third kappa shape index (κ3) is 3.98. The molecule has 21 heavy (non-hydrogen) atoms. The monoisotopic (exact) mass is 359 g/mol. The van der Waals surface area contributed by atoms with Crippen molar-refractivity contribution >= 4 is 15.9 Å². The maximum Gasteiger partial charge on any atom is 0.198 e. The number of halogens is 4. The molecule has 0 aliphatic carbocycles. The molecule has 1 atom stereocenters. The number of hydrogen-bond donors (Lipinski definition) is 1. The molecule has 0 fully saturated rings. The largest absolute Gasteiger partial charge is 0.450 e. The van der Waals surface area contributed by atoms with E-state index in [-0.39, 0.29) is 16.3 Å². The van der Waals surface area contributed by atoms with E-state index < -0.39 is 23.2 Å². The first-order valence-corrected chi connectivity index (χ1v) is 7.02. The van der Waals surface area contributed by atoms with Crippen molar-refractivity contribution in [3.63, 3.8) is 0 Å². The number of ether oxygens (including phenoxy) is 1. The van der Waals surface area contributed by atoms with Crippen LogP contribution < -0.4 is 10.5 Å². The first-order valence-electron chi connectivity index (χ1n) is 6.23. The van der Waals surface area contributed by atoms with E-state index in [9.17, 15) is 13.2 Å². The summed E-state index contributed by atoms with van der Waals surface area (Å²) in [6, 6.07) is 5.73. The van der Waals surface area contributed by atoms with E-state index in [2.05, 4.69) is 15.9 Å². The topological polar surface area (TPSA) is 35.2 Å². The fraction of sp³-hybridized carbons (Fsp3) is 0.200. The maximum atomic E-state index is 14.0. The second-order valence-corrected chi connectivity index (χ2v) is 5.60. The van der Waals surface area contributed by atoms with Crippen molar-refractivity contribution < 1.29 is 17.9 Å². The van der Waals surface area contributed by atoms with E-state index in [4.69, 9.17) is 10.5 Å². The van der Waals surface area contributed by atoms with Crippen LogP contribution in [-0.2, 0) is 6.42 Å². The molecular formula is C15H13BrF3NO. The maximum absolute atomic E-state index is 14.0. The zero-order valence-corrected chi connectivity index (χ0v) is 12.8. The number of nitrogens with two attached hydrogens (primary N) is 1. The van der Waals surface area contributed by atoms with Gasteiger partial charge in [0, 0.05) is 6.04 Å². The molecule has 112 valence electrons. The molecule has 2 aromatic rings. The lowest BCUT2D eigenvalue weighted by molar-refractivity contribution is 0.403. The molecular weight excluding hydrogens is 347 g/mol. The lowest BCUT2D eigenvalue weighted by Crippen LogP contribution is -2.18. The average molecular weight is 360 g/mol. The van der Waals surface area contributed by atoms with Crippen molar-refractivity contribution in [2.24, 2.45) is 5.73 Å². The van der Waals surface area contributed by atoms with Gasteiger partial charge in [-0.3, -0.25) is 0 Å².